The first-order chi connectivity index (χ1) is 18.5. The van der Waals surface area contributed by atoms with Crippen molar-refractivity contribution in [2.75, 3.05) is 18.4 Å². The highest BCUT2D eigenvalue weighted by Crippen LogP contribution is 2.36. The number of aromatic nitrogens is 6. The van der Waals surface area contributed by atoms with E-state index in [0.717, 1.165) is 5.56 Å². The van der Waals surface area contributed by atoms with Gasteiger partial charge in [0.2, 0.25) is 5.90 Å². The smallest absolute Gasteiger partial charge is 0.223 e. The van der Waals surface area contributed by atoms with Crippen LogP contribution in [0.1, 0.15) is 24.1 Å². The van der Waals surface area contributed by atoms with Crippen LogP contribution in [0.25, 0.3) is 22.7 Å². The predicted molar refractivity (Wildman–Crippen MR) is 141 cm³/mol. The van der Waals surface area contributed by atoms with Crippen molar-refractivity contribution < 1.29 is 19.1 Å². The number of aliphatic imine (C=N–C) groups is 1. The van der Waals surface area contributed by atoms with Crippen molar-refractivity contribution in [2.45, 2.75) is 19.6 Å². The quantitative estimate of drug-likeness (QED) is 0.256. The van der Waals surface area contributed by atoms with Crippen molar-refractivity contribution in [1.29, 1.82) is 0 Å². The number of anilines is 1. The minimum Gasteiger partial charge on any atom is -0.593 e. The van der Waals surface area contributed by atoms with Gasteiger partial charge in [0.15, 0.2) is 40.2 Å². The number of benzene rings is 1. The molecule has 12 nitrogen and oxygen atoms in total. The number of hydrogen-bond acceptors (Lipinski definition) is 11. The molecule has 38 heavy (non-hydrogen) atoms. The maximum atomic E-state index is 12.8. The van der Waals surface area contributed by atoms with Crippen LogP contribution in [-0.4, -0.2) is 58.8 Å². The van der Waals surface area contributed by atoms with E-state index in [1.165, 1.54) is 19.4 Å². The van der Waals surface area contributed by atoms with Gasteiger partial charge in [0.1, 0.15) is 17.2 Å². The van der Waals surface area contributed by atoms with E-state index in [4.69, 9.17) is 9.47 Å². The van der Waals surface area contributed by atoms with Crippen LogP contribution in [0, 0.1) is 6.92 Å². The van der Waals surface area contributed by atoms with Crippen LogP contribution in [0.15, 0.2) is 59.3 Å². The molecular formula is C25H22N8O4S. The molecule has 0 bridgehead atoms. The number of aromatic hydroxyl groups is 1. The summed E-state index contributed by atoms with van der Waals surface area (Å²) in [4.78, 5) is 26.5. The van der Waals surface area contributed by atoms with Crippen LogP contribution in [0.2, 0.25) is 0 Å². The minimum absolute atomic E-state index is 0.0662. The number of para-hydroxylation sites is 1. The molecule has 1 atom stereocenters. The van der Waals surface area contributed by atoms with Gasteiger partial charge >= 0.3 is 0 Å². The summed E-state index contributed by atoms with van der Waals surface area (Å²) in [5.41, 5.74) is 7.78. The monoisotopic (exact) mass is 530 g/mol. The summed E-state index contributed by atoms with van der Waals surface area (Å²) in [7, 11) is 1.49. The third-order valence-corrected chi connectivity index (χ3v) is 6.17. The molecule has 0 radical (unpaired) electrons. The van der Waals surface area contributed by atoms with Crippen LogP contribution in [-0.2, 0) is 21.9 Å². The van der Waals surface area contributed by atoms with Gasteiger partial charge in [0.05, 0.1) is 37.4 Å². The van der Waals surface area contributed by atoms with E-state index in [0.29, 0.717) is 24.1 Å². The van der Waals surface area contributed by atoms with Gasteiger partial charge in [0.25, 0.3) is 0 Å². The molecule has 0 saturated carbocycles. The highest BCUT2D eigenvalue weighted by Gasteiger charge is 2.25. The Hall–Kier alpha value is -4.67. The Morgan fingerprint density at radius 3 is 2.74 bits per heavy atom. The van der Waals surface area contributed by atoms with Crippen LogP contribution in [0.5, 0.6) is 11.5 Å². The van der Waals surface area contributed by atoms with Gasteiger partial charge in [-0.2, -0.15) is 4.72 Å². The zero-order valence-corrected chi connectivity index (χ0v) is 21.5. The second kappa shape index (κ2) is 10.8. The SMILES string of the molecule is CCOC1=NC(c2nc3ncc(N[S+]([O-])Cc4ncc(C)cn4)nc3n2-c2c(O)cccc2OC)=C=C=C1. The minimum atomic E-state index is -1.59. The molecule has 4 aromatic rings. The van der Waals surface area contributed by atoms with Crippen LogP contribution in [0.3, 0.4) is 0 Å². The third-order valence-electron chi connectivity index (χ3n) is 5.22. The largest absolute Gasteiger partial charge is 0.593 e. The van der Waals surface area contributed by atoms with Crippen molar-refractivity contribution in [1.82, 2.24) is 29.5 Å². The summed E-state index contributed by atoms with van der Waals surface area (Å²) in [5, 5.41) is 10.8. The summed E-state index contributed by atoms with van der Waals surface area (Å²) in [6.07, 6.45) is 6.30. The lowest BCUT2D eigenvalue weighted by Gasteiger charge is -2.15. The Bertz CT molecular complexity index is 1640. The molecule has 1 aliphatic heterocycles. The molecule has 4 heterocycles. The van der Waals surface area contributed by atoms with E-state index in [9.17, 15) is 9.66 Å². The van der Waals surface area contributed by atoms with E-state index in [1.807, 2.05) is 13.8 Å². The molecule has 3 aromatic heterocycles. The van der Waals surface area contributed by atoms with E-state index in [1.54, 1.807) is 35.2 Å². The Kier molecular flexibility index (Phi) is 7.07. The summed E-state index contributed by atoms with van der Waals surface area (Å²) < 4.78 is 28.2. The van der Waals surface area contributed by atoms with Gasteiger partial charge in [-0.25, -0.2) is 29.9 Å². The normalized spacial score (nSPS) is 13.3. The summed E-state index contributed by atoms with van der Waals surface area (Å²) in [5.74, 6) is 1.58. The molecule has 0 fully saturated rings. The number of rotatable bonds is 8. The summed E-state index contributed by atoms with van der Waals surface area (Å²) >= 11 is -1.59. The molecule has 1 unspecified atom stereocenters. The summed E-state index contributed by atoms with van der Waals surface area (Å²) in [6, 6.07) is 4.86. The number of aryl methyl sites for hydroxylation is 1. The fraction of sp³-hybridized carbons (Fsp3) is 0.200. The number of hydrogen-bond donors (Lipinski definition) is 2. The van der Waals surface area contributed by atoms with Gasteiger partial charge in [0, 0.05) is 12.4 Å². The predicted octanol–water partition coefficient (Wildman–Crippen LogP) is 3.00. The molecule has 0 saturated heterocycles. The molecule has 1 aliphatic rings. The number of nitrogens with one attached hydrogen (secondary N) is 1. The second-order valence-electron chi connectivity index (χ2n) is 7.92. The van der Waals surface area contributed by atoms with E-state index in [2.05, 4.69) is 46.1 Å². The Labute approximate surface area is 220 Å². The van der Waals surface area contributed by atoms with Crippen molar-refractivity contribution in [3.05, 3.63) is 71.5 Å². The second-order valence-corrected chi connectivity index (χ2v) is 9.10. The number of phenols is 1. The summed E-state index contributed by atoms with van der Waals surface area (Å²) in [6.45, 7) is 4.13. The molecular weight excluding hydrogens is 508 g/mol. The Morgan fingerprint density at radius 2 is 1.97 bits per heavy atom. The first-order valence-electron chi connectivity index (χ1n) is 11.4. The van der Waals surface area contributed by atoms with Crippen molar-refractivity contribution >= 4 is 40.1 Å². The average Bonchev–Trinajstić information content (AvgIpc) is 3.28. The molecule has 1 aromatic carbocycles. The molecule has 5 rings (SSSR count). The number of nitrogens with zero attached hydrogens (tertiary/aromatic N) is 7. The van der Waals surface area contributed by atoms with E-state index < -0.39 is 11.4 Å². The lowest BCUT2D eigenvalue weighted by Crippen LogP contribution is -2.18. The van der Waals surface area contributed by atoms with E-state index in [-0.39, 0.29) is 45.8 Å². The highest BCUT2D eigenvalue weighted by atomic mass is 32.2. The molecule has 2 N–H and O–H groups in total. The topological polar surface area (TPSA) is 156 Å². The number of methoxy groups -OCH3 is 1. The first-order valence-corrected chi connectivity index (χ1v) is 12.8. The zero-order chi connectivity index (χ0) is 26.6. The van der Waals surface area contributed by atoms with Gasteiger partial charge in [-0.05, 0) is 37.3 Å². The van der Waals surface area contributed by atoms with Crippen molar-refractivity contribution in [2.24, 2.45) is 4.99 Å². The fourth-order valence-corrected chi connectivity index (χ4v) is 4.39. The number of fused-ring (bicyclic) bond motifs is 1. The average molecular weight is 531 g/mol. The maximum Gasteiger partial charge on any atom is 0.223 e. The number of imidazole rings is 1. The van der Waals surface area contributed by atoms with Crippen molar-refractivity contribution in [3.63, 3.8) is 0 Å². The van der Waals surface area contributed by atoms with Crippen LogP contribution >= 0.6 is 0 Å². The van der Waals surface area contributed by atoms with Gasteiger partial charge in [-0.3, -0.25) is 4.57 Å². The van der Waals surface area contributed by atoms with Gasteiger partial charge in [-0.1, -0.05) is 11.8 Å². The Morgan fingerprint density at radius 1 is 1.16 bits per heavy atom. The lowest BCUT2D eigenvalue weighted by atomic mass is 10.2. The first kappa shape index (κ1) is 25.0. The molecule has 13 heteroatoms. The maximum absolute atomic E-state index is 12.8. The lowest BCUT2D eigenvalue weighted by molar-refractivity contribution is 0.330. The van der Waals surface area contributed by atoms with Gasteiger partial charge in [-0.15, -0.1) is 0 Å². The Balaban J connectivity index is 1.61. The fourth-order valence-electron chi connectivity index (χ4n) is 3.60. The zero-order valence-electron chi connectivity index (χ0n) is 20.7. The third kappa shape index (κ3) is 5.08. The highest BCUT2D eigenvalue weighted by molar-refractivity contribution is 7.91. The molecule has 0 spiro atoms. The number of ether oxygens (including phenoxy) is 2. The molecule has 0 aliphatic carbocycles. The van der Waals surface area contributed by atoms with Crippen molar-refractivity contribution in [3.8, 4) is 17.2 Å². The standard InChI is InChI=1S/C25H22N8O4S/c1-4-37-21-10-5-7-16(29-21)24-31-23-25(33(24)22-17(34)8-6-9-18(22)36-3)30-19(13-28-23)32-38(35)14-20-26-11-15(2)12-27-20/h6,8-13,34H,4,14H2,1-3H3,(H,30,32). The number of phenolic OH excluding ortho intramolecular Hbond substituents is 1. The molecule has 0 amide bonds. The van der Waals surface area contributed by atoms with Gasteiger partial charge < -0.3 is 19.1 Å². The van der Waals surface area contributed by atoms with Crippen LogP contribution < -0.4 is 9.46 Å². The van der Waals surface area contributed by atoms with E-state index >= 15 is 0 Å². The van der Waals surface area contributed by atoms with Crippen LogP contribution in [0.4, 0.5) is 5.82 Å². The molecule has 192 valence electrons.